The van der Waals surface area contributed by atoms with Crippen LogP contribution in [0.15, 0.2) is 77.7 Å². The average Bonchev–Trinajstić information content (AvgIpc) is 3.23. The largest absolute Gasteiger partial charge is 0.223 e. The molecule has 0 saturated carbocycles. The Balaban J connectivity index is 1.63. The van der Waals surface area contributed by atoms with Gasteiger partial charge in [0.25, 0.3) is 0 Å². The van der Waals surface area contributed by atoms with Crippen LogP contribution in [0.2, 0.25) is 5.02 Å². The summed E-state index contributed by atoms with van der Waals surface area (Å²) in [6.07, 6.45) is 0. The van der Waals surface area contributed by atoms with Crippen LogP contribution in [0, 0.1) is 0 Å². The number of H-pyrrole nitrogens is 1. The Hall–Kier alpha value is -3.03. The van der Waals surface area contributed by atoms with E-state index in [0.717, 1.165) is 11.1 Å². The summed E-state index contributed by atoms with van der Waals surface area (Å²) in [5.74, 6) is 0.298. The molecule has 0 aliphatic rings. The first kappa shape index (κ1) is 18.3. The minimum Gasteiger partial charge on any atom is -0.223 e. The number of rotatable bonds is 5. The van der Waals surface area contributed by atoms with E-state index in [0.29, 0.717) is 22.0 Å². The Bertz CT molecular complexity index is 1210. The van der Waals surface area contributed by atoms with Gasteiger partial charge in [0.2, 0.25) is 5.82 Å². The van der Waals surface area contributed by atoms with Gasteiger partial charge in [-0.1, -0.05) is 54.1 Å². The lowest BCUT2D eigenvalue weighted by atomic mass is 10.1. The second-order valence-electron chi connectivity index (χ2n) is 6.23. The van der Waals surface area contributed by atoms with Gasteiger partial charge in [0.05, 0.1) is 10.6 Å². The number of nitrogens with one attached hydrogen (secondary N) is 1. The van der Waals surface area contributed by atoms with Gasteiger partial charge in [-0.25, -0.2) is 8.42 Å². The third-order valence-electron chi connectivity index (χ3n) is 4.26. The highest BCUT2D eigenvalue weighted by molar-refractivity contribution is 7.90. The molecule has 1 aromatic heterocycles. The van der Waals surface area contributed by atoms with Gasteiger partial charge in [-0.2, -0.15) is 5.21 Å². The number of halogens is 1. The fraction of sp³-hybridized carbons (Fsp3) is 0.0500. The van der Waals surface area contributed by atoms with Crippen molar-refractivity contribution in [2.24, 2.45) is 0 Å². The molecule has 8 heteroatoms. The number of nitrogens with zero attached hydrogens (tertiary/aromatic N) is 3. The summed E-state index contributed by atoms with van der Waals surface area (Å²) >= 11 is 5.93. The van der Waals surface area contributed by atoms with Crippen LogP contribution in [0.1, 0.15) is 5.56 Å². The number of hydrogen-bond donors (Lipinski definition) is 1. The normalized spacial score (nSPS) is 11.5. The Morgan fingerprint density at radius 2 is 1.61 bits per heavy atom. The van der Waals surface area contributed by atoms with Crippen molar-refractivity contribution in [1.82, 2.24) is 20.6 Å². The van der Waals surface area contributed by atoms with E-state index in [4.69, 9.17) is 11.6 Å². The smallest absolute Gasteiger partial charge is 0.204 e. The average molecular weight is 411 g/mol. The maximum Gasteiger partial charge on any atom is 0.204 e. The molecule has 0 radical (unpaired) electrons. The molecule has 3 aromatic carbocycles. The Morgan fingerprint density at radius 3 is 2.36 bits per heavy atom. The molecule has 0 spiro atoms. The molecule has 1 N–H and O–H groups in total. The first-order valence-corrected chi connectivity index (χ1v) is 10.5. The van der Waals surface area contributed by atoms with Crippen molar-refractivity contribution >= 4 is 21.4 Å². The Kier molecular flexibility index (Phi) is 4.93. The van der Waals surface area contributed by atoms with Gasteiger partial charge in [0.15, 0.2) is 9.84 Å². The molecule has 0 bridgehead atoms. The van der Waals surface area contributed by atoms with Gasteiger partial charge in [0.1, 0.15) is 0 Å². The molecule has 0 aliphatic heterocycles. The molecule has 4 aromatic rings. The molecule has 6 nitrogen and oxygen atoms in total. The summed E-state index contributed by atoms with van der Waals surface area (Å²) in [7, 11) is -3.53. The molecule has 140 valence electrons. The molecule has 28 heavy (non-hydrogen) atoms. The third-order valence-corrected chi connectivity index (χ3v) is 6.20. The van der Waals surface area contributed by atoms with Crippen LogP contribution < -0.4 is 0 Å². The highest BCUT2D eigenvalue weighted by Gasteiger charge is 2.17. The van der Waals surface area contributed by atoms with Crippen LogP contribution >= 0.6 is 11.6 Å². The summed E-state index contributed by atoms with van der Waals surface area (Å²) in [4.78, 5) is 0.268. The minimum atomic E-state index is -3.53. The first-order chi connectivity index (χ1) is 13.5. The predicted molar refractivity (Wildman–Crippen MR) is 107 cm³/mol. The van der Waals surface area contributed by atoms with Gasteiger partial charge >= 0.3 is 0 Å². The van der Waals surface area contributed by atoms with Gasteiger partial charge in [-0.15, -0.1) is 10.2 Å². The zero-order chi connectivity index (χ0) is 19.6. The van der Waals surface area contributed by atoms with E-state index in [1.165, 1.54) is 0 Å². The van der Waals surface area contributed by atoms with Crippen LogP contribution in [0.4, 0.5) is 0 Å². The van der Waals surface area contributed by atoms with Crippen LogP contribution in [-0.2, 0) is 15.6 Å². The number of aromatic amines is 1. The van der Waals surface area contributed by atoms with Crippen molar-refractivity contribution in [1.29, 1.82) is 0 Å². The van der Waals surface area contributed by atoms with Crippen molar-refractivity contribution in [2.75, 3.05) is 0 Å². The second kappa shape index (κ2) is 7.53. The lowest BCUT2D eigenvalue weighted by Crippen LogP contribution is -2.05. The Morgan fingerprint density at radius 1 is 0.857 bits per heavy atom. The summed E-state index contributed by atoms with van der Waals surface area (Å²) in [5, 5.41) is 14.4. The molecule has 0 saturated heterocycles. The minimum absolute atomic E-state index is 0.122. The van der Waals surface area contributed by atoms with E-state index >= 15 is 0 Å². The highest BCUT2D eigenvalue weighted by Crippen LogP contribution is 2.26. The monoisotopic (exact) mass is 410 g/mol. The number of aromatic nitrogens is 4. The first-order valence-electron chi connectivity index (χ1n) is 8.43. The number of tetrazole rings is 1. The van der Waals surface area contributed by atoms with Crippen molar-refractivity contribution in [3.05, 3.63) is 83.4 Å². The molecule has 0 fully saturated rings. The molecule has 0 unspecified atom stereocenters. The van der Waals surface area contributed by atoms with Crippen molar-refractivity contribution in [2.45, 2.75) is 10.6 Å². The molecule has 0 aliphatic carbocycles. The van der Waals surface area contributed by atoms with E-state index in [1.54, 1.807) is 48.5 Å². The number of hydrogen-bond acceptors (Lipinski definition) is 5. The van der Waals surface area contributed by atoms with E-state index in [1.807, 2.05) is 24.3 Å². The lowest BCUT2D eigenvalue weighted by Gasteiger charge is -2.08. The molecule has 0 amide bonds. The van der Waals surface area contributed by atoms with Crippen molar-refractivity contribution in [3.8, 4) is 22.5 Å². The van der Waals surface area contributed by atoms with Gasteiger partial charge in [0, 0.05) is 10.6 Å². The molecular formula is C20H15ClN4O2S. The highest BCUT2D eigenvalue weighted by atomic mass is 35.5. The summed E-state index contributed by atoms with van der Waals surface area (Å²) in [5.41, 5.74) is 3.08. The van der Waals surface area contributed by atoms with Gasteiger partial charge < -0.3 is 0 Å². The lowest BCUT2D eigenvalue weighted by molar-refractivity contribution is 0.595. The van der Waals surface area contributed by atoms with E-state index in [2.05, 4.69) is 20.6 Å². The summed E-state index contributed by atoms with van der Waals surface area (Å²) < 4.78 is 25.9. The zero-order valence-corrected chi connectivity index (χ0v) is 16.2. The number of sulfone groups is 1. The second-order valence-corrected chi connectivity index (χ2v) is 8.66. The molecule has 1 heterocycles. The molecular weight excluding hydrogens is 396 g/mol. The maximum atomic E-state index is 13.0. The van der Waals surface area contributed by atoms with Crippen molar-refractivity contribution < 1.29 is 8.42 Å². The standard InChI is InChI=1S/C20H15ClN4O2S/c21-18-9-7-15(8-10-18)16-4-2-6-19(12-16)28(26,27)13-14-3-1-5-17(11-14)20-22-24-25-23-20/h1-12H,13H2,(H,22,23,24,25). The van der Waals surface area contributed by atoms with Crippen LogP contribution in [0.5, 0.6) is 0 Å². The maximum absolute atomic E-state index is 13.0. The van der Waals surface area contributed by atoms with Gasteiger partial charge in [-0.05, 0) is 52.2 Å². The molecule has 4 rings (SSSR count). The van der Waals surface area contributed by atoms with E-state index < -0.39 is 9.84 Å². The fourth-order valence-corrected chi connectivity index (χ4v) is 4.40. The summed E-state index contributed by atoms with van der Waals surface area (Å²) in [6, 6.07) is 21.3. The molecule has 0 atom stereocenters. The fourth-order valence-electron chi connectivity index (χ4n) is 2.90. The predicted octanol–water partition coefficient (Wildman–Crippen LogP) is 4.16. The van der Waals surface area contributed by atoms with Crippen LogP contribution in [0.25, 0.3) is 22.5 Å². The SMILES string of the molecule is O=S(=O)(Cc1cccc(-c2nn[nH]n2)c1)c1cccc(-c2ccc(Cl)cc2)c1. The Labute approximate surface area is 167 Å². The van der Waals surface area contributed by atoms with E-state index in [9.17, 15) is 8.42 Å². The topological polar surface area (TPSA) is 88.6 Å². The van der Waals surface area contributed by atoms with Crippen LogP contribution in [-0.4, -0.2) is 29.0 Å². The zero-order valence-electron chi connectivity index (χ0n) is 14.6. The number of benzene rings is 3. The summed E-state index contributed by atoms with van der Waals surface area (Å²) in [6.45, 7) is 0. The van der Waals surface area contributed by atoms with Crippen molar-refractivity contribution in [3.63, 3.8) is 0 Å². The van der Waals surface area contributed by atoms with E-state index in [-0.39, 0.29) is 10.6 Å². The quantitative estimate of drug-likeness (QED) is 0.533. The van der Waals surface area contributed by atoms with Gasteiger partial charge in [-0.3, -0.25) is 0 Å². The third kappa shape index (κ3) is 3.95. The van der Waals surface area contributed by atoms with Crippen LogP contribution in [0.3, 0.4) is 0 Å².